The molecule has 1 aromatic rings. The van der Waals surface area contributed by atoms with Crippen molar-refractivity contribution in [2.75, 3.05) is 6.54 Å². The highest BCUT2D eigenvalue weighted by molar-refractivity contribution is 5.21. The molecule has 2 atom stereocenters. The molecule has 0 bridgehead atoms. The van der Waals surface area contributed by atoms with Crippen LogP contribution in [-0.2, 0) is 0 Å². The van der Waals surface area contributed by atoms with Gasteiger partial charge in [-0.25, -0.2) is 8.78 Å². The lowest BCUT2D eigenvalue weighted by Crippen LogP contribution is -2.27. The molecule has 2 nitrogen and oxygen atoms in total. The van der Waals surface area contributed by atoms with E-state index in [-0.39, 0.29) is 11.6 Å². The number of rotatable bonds is 4. The summed E-state index contributed by atoms with van der Waals surface area (Å²) >= 11 is 0. The van der Waals surface area contributed by atoms with Crippen molar-refractivity contribution in [3.8, 4) is 0 Å². The third kappa shape index (κ3) is 3.57. The van der Waals surface area contributed by atoms with Gasteiger partial charge >= 0.3 is 0 Å². The maximum atomic E-state index is 13.3. The molecule has 0 aliphatic carbocycles. The minimum atomic E-state index is -0.510. The summed E-state index contributed by atoms with van der Waals surface area (Å²) in [5, 5.41) is 12.0. The van der Waals surface area contributed by atoms with Gasteiger partial charge in [0, 0.05) is 18.2 Å². The molecule has 0 amide bonds. The van der Waals surface area contributed by atoms with Gasteiger partial charge < -0.3 is 10.4 Å². The average molecular weight is 215 g/mol. The van der Waals surface area contributed by atoms with Crippen molar-refractivity contribution in [2.24, 2.45) is 0 Å². The molecule has 84 valence electrons. The van der Waals surface area contributed by atoms with Crippen molar-refractivity contribution in [2.45, 2.75) is 26.0 Å². The Morgan fingerprint density at radius 2 is 2.00 bits per heavy atom. The monoisotopic (exact) mass is 215 g/mol. The number of benzene rings is 1. The summed E-state index contributed by atoms with van der Waals surface area (Å²) in [5.74, 6) is -0.904. The molecule has 0 spiro atoms. The number of aliphatic hydroxyl groups excluding tert-OH is 1. The third-order valence-corrected chi connectivity index (χ3v) is 2.14. The van der Waals surface area contributed by atoms with Crippen molar-refractivity contribution in [1.29, 1.82) is 0 Å². The van der Waals surface area contributed by atoms with E-state index in [0.717, 1.165) is 18.2 Å². The minimum absolute atomic E-state index is 0.274. The molecule has 0 aromatic heterocycles. The zero-order valence-corrected chi connectivity index (χ0v) is 8.80. The fraction of sp³-hybridized carbons (Fsp3) is 0.455. The zero-order valence-electron chi connectivity index (χ0n) is 8.80. The maximum absolute atomic E-state index is 13.3. The quantitative estimate of drug-likeness (QED) is 0.805. The van der Waals surface area contributed by atoms with E-state index in [4.69, 9.17) is 5.11 Å². The van der Waals surface area contributed by atoms with Gasteiger partial charge in [0.05, 0.1) is 6.10 Å². The van der Waals surface area contributed by atoms with Crippen LogP contribution in [0.5, 0.6) is 0 Å². The second-order valence-corrected chi connectivity index (χ2v) is 3.64. The summed E-state index contributed by atoms with van der Waals surface area (Å²) in [5.41, 5.74) is 0.274. The predicted molar refractivity (Wildman–Crippen MR) is 54.5 cm³/mol. The van der Waals surface area contributed by atoms with Crippen LogP contribution in [0.3, 0.4) is 0 Å². The van der Waals surface area contributed by atoms with E-state index in [1.54, 1.807) is 13.8 Å². The normalized spacial score (nSPS) is 15.0. The number of aliphatic hydroxyl groups is 1. The van der Waals surface area contributed by atoms with E-state index in [0.29, 0.717) is 6.54 Å². The topological polar surface area (TPSA) is 32.3 Å². The maximum Gasteiger partial charge on any atom is 0.128 e. The molecule has 0 saturated heterocycles. The highest BCUT2D eigenvalue weighted by atomic mass is 19.1. The van der Waals surface area contributed by atoms with Crippen LogP contribution in [0.25, 0.3) is 0 Å². The van der Waals surface area contributed by atoms with Crippen molar-refractivity contribution < 1.29 is 13.9 Å². The Labute approximate surface area is 87.9 Å². The second-order valence-electron chi connectivity index (χ2n) is 3.64. The number of hydrogen-bond acceptors (Lipinski definition) is 2. The molecule has 0 radical (unpaired) electrons. The largest absolute Gasteiger partial charge is 0.392 e. The first-order valence-electron chi connectivity index (χ1n) is 4.87. The molecular weight excluding hydrogens is 200 g/mol. The third-order valence-electron chi connectivity index (χ3n) is 2.14. The van der Waals surface area contributed by atoms with Gasteiger partial charge in [0.15, 0.2) is 0 Å². The Morgan fingerprint density at radius 1 is 1.33 bits per heavy atom. The van der Waals surface area contributed by atoms with Gasteiger partial charge in [-0.05, 0) is 32.0 Å². The van der Waals surface area contributed by atoms with Crippen LogP contribution in [0.15, 0.2) is 18.2 Å². The average Bonchev–Trinajstić information content (AvgIpc) is 2.18. The van der Waals surface area contributed by atoms with Crippen LogP contribution >= 0.6 is 0 Å². The predicted octanol–water partition coefficient (Wildman–Crippen LogP) is 2.00. The van der Waals surface area contributed by atoms with E-state index in [1.165, 1.54) is 0 Å². The van der Waals surface area contributed by atoms with Gasteiger partial charge in [-0.15, -0.1) is 0 Å². The molecular formula is C11H15F2NO. The number of halogens is 2. The van der Waals surface area contributed by atoms with E-state index in [2.05, 4.69) is 5.32 Å². The molecule has 2 N–H and O–H groups in total. The molecule has 0 fully saturated rings. The number of hydrogen-bond donors (Lipinski definition) is 2. The number of nitrogens with one attached hydrogen (secondary N) is 1. The lowest BCUT2D eigenvalue weighted by atomic mass is 10.1. The Morgan fingerprint density at radius 3 is 2.60 bits per heavy atom. The summed E-state index contributed by atoms with van der Waals surface area (Å²) in [6.07, 6.45) is -0.510. The van der Waals surface area contributed by atoms with E-state index < -0.39 is 17.7 Å². The van der Waals surface area contributed by atoms with Crippen LogP contribution in [0.1, 0.15) is 25.5 Å². The van der Waals surface area contributed by atoms with Gasteiger partial charge in [0.2, 0.25) is 0 Å². The first-order chi connectivity index (χ1) is 7.00. The van der Waals surface area contributed by atoms with Gasteiger partial charge in [0.25, 0.3) is 0 Å². The first kappa shape index (κ1) is 12.1. The van der Waals surface area contributed by atoms with Gasteiger partial charge in [-0.3, -0.25) is 0 Å². The van der Waals surface area contributed by atoms with Gasteiger partial charge in [0.1, 0.15) is 11.6 Å². The van der Waals surface area contributed by atoms with Crippen molar-refractivity contribution >= 4 is 0 Å². The minimum Gasteiger partial charge on any atom is -0.392 e. The summed E-state index contributed by atoms with van der Waals surface area (Å²) in [6.45, 7) is 3.69. The zero-order chi connectivity index (χ0) is 11.4. The van der Waals surface area contributed by atoms with Gasteiger partial charge in [-0.1, -0.05) is 0 Å². The second kappa shape index (κ2) is 5.19. The van der Waals surface area contributed by atoms with Crippen molar-refractivity contribution in [3.05, 3.63) is 35.4 Å². The fourth-order valence-electron chi connectivity index (χ4n) is 1.30. The lowest BCUT2D eigenvalue weighted by molar-refractivity contribution is 0.187. The first-order valence-corrected chi connectivity index (χ1v) is 4.87. The molecule has 15 heavy (non-hydrogen) atoms. The standard InChI is InChI=1S/C11H15F2NO/c1-7(15)6-14-8(2)10-5-9(12)3-4-11(10)13/h3-5,7-8,14-15H,6H2,1-2H3/t7-,8-/m0/s1. The highest BCUT2D eigenvalue weighted by Gasteiger charge is 2.11. The van der Waals surface area contributed by atoms with Gasteiger partial charge in [-0.2, -0.15) is 0 Å². The van der Waals surface area contributed by atoms with Crippen LogP contribution < -0.4 is 5.32 Å². The summed E-state index contributed by atoms with van der Waals surface area (Å²) < 4.78 is 26.1. The van der Waals surface area contributed by atoms with E-state index in [1.807, 2.05) is 0 Å². The highest BCUT2D eigenvalue weighted by Crippen LogP contribution is 2.17. The molecule has 0 aliphatic heterocycles. The Hall–Kier alpha value is -1.00. The van der Waals surface area contributed by atoms with Crippen LogP contribution in [0, 0.1) is 11.6 Å². The Kier molecular flexibility index (Phi) is 4.17. The SMILES string of the molecule is C[C@H](O)CN[C@@H](C)c1cc(F)ccc1F. The van der Waals surface area contributed by atoms with Crippen molar-refractivity contribution in [3.63, 3.8) is 0 Å². The van der Waals surface area contributed by atoms with Crippen molar-refractivity contribution in [1.82, 2.24) is 5.32 Å². The molecule has 1 rings (SSSR count). The molecule has 4 heteroatoms. The molecule has 0 unspecified atom stereocenters. The molecule has 0 heterocycles. The van der Waals surface area contributed by atoms with Crippen LogP contribution in [0.2, 0.25) is 0 Å². The molecule has 1 aromatic carbocycles. The Balaban J connectivity index is 2.72. The lowest BCUT2D eigenvalue weighted by Gasteiger charge is -2.16. The van der Waals surface area contributed by atoms with E-state index in [9.17, 15) is 8.78 Å². The van der Waals surface area contributed by atoms with E-state index >= 15 is 0 Å². The molecule has 0 aliphatic rings. The van der Waals surface area contributed by atoms with Crippen LogP contribution in [-0.4, -0.2) is 17.8 Å². The summed E-state index contributed by atoms with van der Waals surface area (Å²) in [7, 11) is 0. The fourth-order valence-corrected chi connectivity index (χ4v) is 1.30. The Bertz CT molecular complexity index is 328. The summed E-state index contributed by atoms with van der Waals surface area (Å²) in [6, 6.07) is 3.02. The molecule has 0 saturated carbocycles. The summed E-state index contributed by atoms with van der Waals surface area (Å²) in [4.78, 5) is 0. The van der Waals surface area contributed by atoms with Crippen LogP contribution in [0.4, 0.5) is 8.78 Å². The smallest absolute Gasteiger partial charge is 0.128 e.